The quantitative estimate of drug-likeness (QED) is 0.842. The molecule has 1 saturated heterocycles. The van der Waals surface area contributed by atoms with Crippen LogP contribution in [0.25, 0.3) is 0 Å². The van der Waals surface area contributed by atoms with Crippen molar-refractivity contribution in [2.24, 2.45) is 5.92 Å². The highest BCUT2D eigenvalue weighted by Gasteiger charge is 2.35. The van der Waals surface area contributed by atoms with Crippen molar-refractivity contribution < 1.29 is 14.4 Å². The Hall–Kier alpha value is -1.88. The van der Waals surface area contributed by atoms with E-state index in [1.165, 1.54) is 0 Å². The minimum Gasteiger partial charge on any atom is -0.348 e. The summed E-state index contributed by atoms with van der Waals surface area (Å²) < 4.78 is 0. The number of carbonyl (C=O) groups excluding carboxylic acids is 3. The SMILES string of the molecule is CC(C)N1CC(C(=O)NCC(=O)c2cccc(Cl)c2)CC1=O. The monoisotopic (exact) mass is 322 g/mol. The predicted octanol–water partition coefficient (Wildman–Crippen LogP) is 1.90. The maximum atomic E-state index is 12.1. The zero-order valence-corrected chi connectivity index (χ0v) is 13.4. The van der Waals surface area contributed by atoms with Crippen LogP contribution in [0.4, 0.5) is 0 Å². The van der Waals surface area contributed by atoms with Gasteiger partial charge < -0.3 is 10.2 Å². The fraction of sp³-hybridized carbons (Fsp3) is 0.438. The van der Waals surface area contributed by atoms with Gasteiger partial charge in [-0.25, -0.2) is 0 Å². The second-order valence-corrected chi connectivity index (χ2v) is 6.13. The first kappa shape index (κ1) is 16.5. The Morgan fingerprint density at radius 3 is 2.73 bits per heavy atom. The molecule has 1 heterocycles. The molecule has 1 aromatic carbocycles. The van der Waals surface area contributed by atoms with Crippen LogP contribution in [-0.4, -0.2) is 41.6 Å². The molecule has 0 aliphatic carbocycles. The maximum absolute atomic E-state index is 12.1. The van der Waals surface area contributed by atoms with Gasteiger partial charge >= 0.3 is 0 Å². The molecule has 5 nitrogen and oxygen atoms in total. The molecule has 0 spiro atoms. The molecule has 1 atom stereocenters. The Labute approximate surface area is 134 Å². The van der Waals surface area contributed by atoms with Gasteiger partial charge in [-0.1, -0.05) is 23.7 Å². The highest BCUT2D eigenvalue weighted by Crippen LogP contribution is 2.20. The number of benzene rings is 1. The summed E-state index contributed by atoms with van der Waals surface area (Å²) in [6.45, 7) is 4.15. The maximum Gasteiger partial charge on any atom is 0.225 e. The van der Waals surface area contributed by atoms with Crippen LogP contribution >= 0.6 is 11.6 Å². The molecule has 1 N–H and O–H groups in total. The van der Waals surface area contributed by atoms with Gasteiger partial charge in [0, 0.05) is 29.6 Å². The van der Waals surface area contributed by atoms with E-state index in [2.05, 4.69) is 5.32 Å². The average Bonchev–Trinajstić information content (AvgIpc) is 2.86. The number of nitrogens with zero attached hydrogens (tertiary/aromatic N) is 1. The van der Waals surface area contributed by atoms with E-state index in [-0.39, 0.29) is 42.5 Å². The molecule has 0 radical (unpaired) electrons. The van der Waals surface area contributed by atoms with Crippen LogP contribution < -0.4 is 5.32 Å². The van der Waals surface area contributed by atoms with Crippen LogP contribution in [0.3, 0.4) is 0 Å². The van der Waals surface area contributed by atoms with Crippen molar-refractivity contribution in [2.75, 3.05) is 13.1 Å². The van der Waals surface area contributed by atoms with Crippen molar-refractivity contribution in [3.8, 4) is 0 Å². The third-order valence-electron chi connectivity index (χ3n) is 3.72. The fourth-order valence-electron chi connectivity index (χ4n) is 2.48. The lowest BCUT2D eigenvalue weighted by Gasteiger charge is -2.20. The molecule has 0 aromatic heterocycles. The van der Waals surface area contributed by atoms with Crippen molar-refractivity contribution in [1.82, 2.24) is 10.2 Å². The van der Waals surface area contributed by atoms with Crippen LogP contribution in [0.15, 0.2) is 24.3 Å². The van der Waals surface area contributed by atoms with Crippen LogP contribution in [0.5, 0.6) is 0 Å². The van der Waals surface area contributed by atoms with Crippen molar-refractivity contribution in [3.63, 3.8) is 0 Å². The highest BCUT2D eigenvalue weighted by molar-refractivity contribution is 6.31. The van der Waals surface area contributed by atoms with Gasteiger partial charge in [0.2, 0.25) is 11.8 Å². The Morgan fingerprint density at radius 2 is 2.14 bits per heavy atom. The zero-order chi connectivity index (χ0) is 16.3. The summed E-state index contributed by atoms with van der Waals surface area (Å²) in [5.41, 5.74) is 0.458. The highest BCUT2D eigenvalue weighted by atomic mass is 35.5. The third-order valence-corrected chi connectivity index (χ3v) is 3.96. The van der Waals surface area contributed by atoms with E-state index in [1.54, 1.807) is 29.2 Å². The molecule has 1 fully saturated rings. The Kier molecular flexibility index (Phi) is 5.19. The molecule has 1 aliphatic heterocycles. The summed E-state index contributed by atoms with van der Waals surface area (Å²) in [5, 5.41) is 3.09. The van der Waals surface area contributed by atoms with Gasteiger partial charge in [0.15, 0.2) is 5.78 Å². The van der Waals surface area contributed by atoms with Crippen LogP contribution in [0.2, 0.25) is 5.02 Å². The Bertz CT molecular complexity index is 601. The molecule has 2 rings (SSSR count). The van der Waals surface area contributed by atoms with Crippen molar-refractivity contribution in [1.29, 1.82) is 0 Å². The van der Waals surface area contributed by atoms with Gasteiger partial charge in [-0.15, -0.1) is 0 Å². The minimum absolute atomic E-state index is 0.0173. The summed E-state index contributed by atoms with van der Waals surface area (Å²) in [5.74, 6) is -0.869. The van der Waals surface area contributed by atoms with Crippen molar-refractivity contribution >= 4 is 29.2 Å². The molecule has 118 valence electrons. The number of amides is 2. The number of Topliss-reactive ketones (excluding diaryl/α,β-unsaturated/α-hetero) is 1. The van der Waals surface area contributed by atoms with Gasteiger partial charge in [0.25, 0.3) is 0 Å². The summed E-state index contributed by atoms with van der Waals surface area (Å²) in [6.07, 6.45) is 0.204. The number of carbonyl (C=O) groups is 3. The number of hydrogen-bond acceptors (Lipinski definition) is 3. The minimum atomic E-state index is -0.387. The van der Waals surface area contributed by atoms with Crippen LogP contribution in [-0.2, 0) is 9.59 Å². The van der Waals surface area contributed by atoms with Gasteiger partial charge in [-0.05, 0) is 26.0 Å². The van der Waals surface area contributed by atoms with E-state index in [9.17, 15) is 14.4 Å². The van der Waals surface area contributed by atoms with E-state index in [1.807, 2.05) is 13.8 Å². The molecule has 0 bridgehead atoms. The van der Waals surface area contributed by atoms with E-state index in [4.69, 9.17) is 11.6 Å². The molecule has 2 amide bonds. The third kappa shape index (κ3) is 3.85. The van der Waals surface area contributed by atoms with Gasteiger partial charge in [0.05, 0.1) is 12.5 Å². The largest absolute Gasteiger partial charge is 0.348 e. The van der Waals surface area contributed by atoms with Gasteiger partial charge in [-0.3, -0.25) is 14.4 Å². The number of nitrogens with one attached hydrogen (secondary N) is 1. The molecule has 6 heteroatoms. The lowest BCUT2D eigenvalue weighted by Crippen LogP contribution is -2.37. The standard InChI is InChI=1S/C16H19ClN2O3/c1-10(2)19-9-12(7-15(19)21)16(22)18-8-14(20)11-4-3-5-13(17)6-11/h3-6,10,12H,7-9H2,1-2H3,(H,18,22). The molecular weight excluding hydrogens is 304 g/mol. The number of rotatable bonds is 5. The molecule has 1 aromatic rings. The fourth-order valence-corrected chi connectivity index (χ4v) is 2.67. The molecule has 1 unspecified atom stereocenters. The predicted molar refractivity (Wildman–Crippen MR) is 83.7 cm³/mol. The lowest BCUT2D eigenvalue weighted by atomic mass is 10.1. The number of halogens is 1. The van der Waals surface area contributed by atoms with Crippen molar-refractivity contribution in [2.45, 2.75) is 26.3 Å². The number of ketones is 1. The summed E-state index contributed by atoms with van der Waals surface area (Å²) in [6, 6.07) is 6.67. The molecule has 22 heavy (non-hydrogen) atoms. The molecule has 0 saturated carbocycles. The van der Waals surface area contributed by atoms with E-state index in [0.29, 0.717) is 17.1 Å². The first-order valence-electron chi connectivity index (χ1n) is 7.24. The van der Waals surface area contributed by atoms with Gasteiger partial charge in [-0.2, -0.15) is 0 Å². The summed E-state index contributed by atoms with van der Waals surface area (Å²) in [7, 11) is 0. The van der Waals surface area contributed by atoms with Crippen molar-refractivity contribution in [3.05, 3.63) is 34.9 Å². The smallest absolute Gasteiger partial charge is 0.225 e. The van der Waals surface area contributed by atoms with Gasteiger partial charge in [0.1, 0.15) is 0 Å². The van der Waals surface area contributed by atoms with Crippen LogP contribution in [0.1, 0.15) is 30.6 Å². The lowest BCUT2D eigenvalue weighted by molar-refractivity contribution is -0.129. The normalized spacial score (nSPS) is 17.9. The van der Waals surface area contributed by atoms with E-state index >= 15 is 0 Å². The number of likely N-dealkylation sites (tertiary alicyclic amines) is 1. The Morgan fingerprint density at radius 1 is 1.41 bits per heavy atom. The first-order chi connectivity index (χ1) is 10.4. The number of hydrogen-bond donors (Lipinski definition) is 1. The molecular formula is C16H19ClN2O3. The Balaban J connectivity index is 1.88. The first-order valence-corrected chi connectivity index (χ1v) is 7.62. The van der Waals surface area contributed by atoms with E-state index in [0.717, 1.165) is 0 Å². The van der Waals surface area contributed by atoms with Crippen LogP contribution in [0, 0.1) is 5.92 Å². The summed E-state index contributed by atoms with van der Waals surface area (Å²) in [4.78, 5) is 37.6. The zero-order valence-electron chi connectivity index (χ0n) is 12.6. The molecule has 1 aliphatic rings. The topological polar surface area (TPSA) is 66.5 Å². The second kappa shape index (κ2) is 6.92. The summed E-state index contributed by atoms with van der Waals surface area (Å²) >= 11 is 5.83. The van der Waals surface area contributed by atoms with E-state index < -0.39 is 0 Å². The average molecular weight is 323 g/mol. The second-order valence-electron chi connectivity index (χ2n) is 5.69.